The maximum absolute atomic E-state index is 11.6. The molecule has 0 aliphatic heterocycles. The summed E-state index contributed by atoms with van der Waals surface area (Å²) in [5, 5.41) is 20.8. The highest BCUT2D eigenvalue weighted by atomic mass is 16.4. The van der Waals surface area contributed by atoms with Gasteiger partial charge in [0.2, 0.25) is 5.91 Å². The molecule has 0 bridgehead atoms. The molecule has 2 atom stereocenters. The van der Waals surface area contributed by atoms with Crippen molar-refractivity contribution in [2.24, 2.45) is 11.8 Å². The van der Waals surface area contributed by atoms with Gasteiger partial charge < -0.3 is 15.5 Å². The third-order valence-electron chi connectivity index (χ3n) is 2.94. The van der Waals surface area contributed by atoms with Gasteiger partial charge in [0, 0.05) is 11.6 Å². The van der Waals surface area contributed by atoms with Gasteiger partial charge in [-0.25, -0.2) is 4.79 Å². The fourth-order valence-corrected chi connectivity index (χ4v) is 1.71. The number of anilines is 1. The second-order valence-electron chi connectivity index (χ2n) is 4.35. The van der Waals surface area contributed by atoms with Gasteiger partial charge in [-0.1, -0.05) is 6.92 Å². The highest BCUT2D eigenvalue weighted by molar-refractivity contribution is 5.97. The topological polar surface area (TPSA) is 86.6 Å². The molecule has 1 fully saturated rings. The van der Waals surface area contributed by atoms with E-state index in [1.807, 2.05) is 6.92 Å². The number of nitrogens with one attached hydrogen (secondary N) is 1. The Morgan fingerprint density at radius 3 is 2.59 bits per heavy atom. The van der Waals surface area contributed by atoms with Crippen LogP contribution in [0.3, 0.4) is 0 Å². The summed E-state index contributed by atoms with van der Waals surface area (Å²) in [4.78, 5) is 22.4. The first-order valence-corrected chi connectivity index (χ1v) is 5.36. The van der Waals surface area contributed by atoms with Crippen LogP contribution < -0.4 is 5.32 Å². The minimum atomic E-state index is -1.22. The second kappa shape index (κ2) is 4.08. The number of carboxylic acid groups (broad SMARTS) is 1. The van der Waals surface area contributed by atoms with Crippen molar-refractivity contribution in [3.63, 3.8) is 0 Å². The molecule has 0 aromatic heterocycles. The van der Waals surface area contributed by atoms with E-state index in [9.17, 15) is 14.7 Å². The van der Waals surface area contributed by atoms with Crippen LogP contribution in [-0.4, -0.2) is 22.1 Å². The summed E-state index contributed by atoms with van der Waals surface area (Å²) in [5.74, 6) is -1.21. The predicted octanol–water partition coefficient (Wildman–Crippen LogP) is 1.68. The van der Waals surface area contributed by atoms with Crippen LogP contribution in [0.1, 0.15) is 23.7 Å². The number of carboxylic acids is 1. The van der Waals surface area contributed by atoms with Gasteiger partial charge in [-0.05, 0) is 30.5 Å². The van der Waals surface area contributed by atoms with Crippen molar-refractivity contribution in [1.82, 2.24) is 0 Å². The molecule has 0 radical (unpaired) electrons. The van der Waals surface area contributed by atoms with Crippen LogP contribution in [0.4, 0.5) is 5.69 Å². The zero-order chi connectivity index (χ0) is 12.6. The van der Waals surface area contributed by atoms with Gasteiger partial charge in [0.15, 0.2) is 0 Å². The lowest BCUT2D eigenvalue weighted by atomic mass is 10.1. The van der Waals surface area contributed by atoms with Crippen LogP contribution in [-0.2, 0) is 4.79 Å². The normalized spacial score (nSPS) is 21.9. The van der Waals surface area contributed by atoms with Gasteiger partial charge in [0.05, 0.1) is 0 Å². The molecule has 0 saturated heterocycles. The molecule has 90 valence electrons. The molecule has 0 spiro atoms. The third kappa shape index (κ3) is 2.38. The minimum Gasteiger partial charge on any atom is -0.507 e. The van der Waals surface area contributed by atoms with Crippen LogP contribution in [0.15, 0.2) is 18.2 Å². The molecule has 5 nitrogen and oxygen atoms in total. The van der Waals surface area contributed by atoms with E-state index in [1.54, 1.807) is 0 Å². The number of carbonyl (C=O) groups excluding carboxylic acids is 1. The van der Waals surface area contributed by atoms with Crippen molar-refractivity contribution >= 4 is 17.6 Å². The molecule has 0 heterocycles. The lowest BCUT2D eigenvalue weighted by Crippen LogP contribution is -2.14. The molecule has 1 aliphatic rings. The highest BCUT2D eigenvalue weighted by Crippen LogP contribution is 2.38. The summed E-state index contributed by atoms with van der Waals surface area (Å²) in [5.41, 5.74) is 0.177. The first-order chi connectivity index (χ1) is 7.99. The average molecular weight is 235 g/mol. The summed E-state index contributed by atoms with van der Waals surface area (Å²) >= 11 is 0. The molecule has 1 saturated carbocycles. The first-order valence-electron chi connectivity index (χ1n) is 5.36. The Kier molecular flexibility index (Phi) is 2.75. The minimum absolute atomic E-state index is 0.0251. The number of hydrogen-bond donors (Lipinski definition) is 3. The van der Waals surface area contributed by atoms with Gasteiger partial charge in [-0.15, -0.1) is 0 Å². The van der Waals surface area contributed by atoms with Gasteiger partial charge >= 0.3 is 5.97 Å². The lowest BCUT2D eigenvalue weighted by molar-refractivity contribution is -0.117. The molecular formula is C12H13NO4. The van der Waals surface area contributed by atoms with Gasteiger partial charge in [-0.2, -0.15) is 0 Å². The molecule has 1 aliphatic carbocycles. The number of phenols is 1. The van der Waals surface area contributed by atoms with Gasteiger partial charge in [-0.3, -0.25) is 4.79 Å². The number of carbonyl (C=O) groups is 2. The Morgan fingerprint density at radius 1 is 1.41 bits per heavy atom. The van der Waals surface area contributed by atoms with Crippen LogP contribution in [0.25, 0.3) is 0 Å². The predicted molar refractivity (Wildman–Crippen MR) is 61.0 cm³/mol. The van der Waals surface area contributed by atoms with Crippen molar-refractivity contribution in [3.8, 4) is 5.75 Å². The Hall–Kier alpha value is -2.04. The number of aromatic hydroxyl groups is 1. The number of aromatic carboxylic acids is 1. The zero-order valence-corrected chi connectivity index (χ0v) is 9.30. The van der Waals surface area contributed by atoms with Gasteiger partial charge in [0.1, 0.15) is 11.3 Å². The van der Waals surface area contributed by atoms with E-state index < -0.39 is 5.97 Å². The second-order valence-corrected chi connectivity index (χ2v) is 4.35. The third-order valence-corrected chi connectivity index (χ3v) is 2.94. The van der Waals surface area contributed by atoms with Crippen LogP contribution in [0, 0.1) is 11.8 Å². The number of benzene rings is 1. The fraction of sp³-hybridized carbons (Fsp3) is 0.333. The zero-order valence-electron chi connectivity index (χ0n) is 9.30. The summed E-state index contributed by atoms with van der Waals surface area (Å²) in [6.45, 7) is 1.99. The van der Waals surface area contributed by atoms with Crippen molar-refractivity contribution < 1.29 is 19.8 Å². The fourth-order valence-electron chi connectivity index (χ4n) is 1.71. The quantitative estimate of drug-likeness (QED) is 0.696. The van der Waals surface area contributed by atoms with Crippen LogP contribution >= 0.6 is 0 Å². The summed E-state index contributed by atoms with van der Waals surface area (Å²) < 4.78 is 0. The molecule has 3 N–H and O–H groups in total. The molecule has 5 heteroatoms. The Labute approximate surface area is 98.1 Å². The van der Waals surface area contributed by atoms with Crippen LogP contribution in [0.5, 0.6) is 5.75 Å². The maximum atomic E-state index is 11.6. The van der Waals surface area contributed by atoms with E-state index in [1.165, 1.54) is 18.2 Å². The number of amides is 1. The van der Waals surface area contributed by atoms with E-state index in [0.29, 0.717) is 11.6 Å². The smallest absolute Gasteiger partial charge is 0.339 e. The monoisotopic (exact) mass is 235 g/mol. The summed E-state index contributed by atoms with van der Waals surface area (Å²) in [6.07, 6.45) is 0.871. The van der Waals surface area contributed by atoms with Crippen molar-refractivity contribution in [2.45, 2.75) is 13.3 Å². The molecule has 1 amide bonds. The Morgan fingerprint density at radius 2 is 2.06 bits per heavy atom. The molecule has 2 unspecified atom stereocenters. The standard InChI is InChI=1S/C12H13NO4/c1-6-4-8(6)11(15)13-7-2-3-10(14)9(5-7)12(16)17/h2-3,5-6,8,14H,4H2,1H3,(H,13,15)(H,16,17). The Balaban J connectivity index is 2.14. The van der Waals surface area contributed by atoms with E-state index in [0.717, 1.165) is 6.42 Å². The van der Waals surface area contributed by atoms with E-state index in [4.69, 9.17) is 5.11 Å². The number of rotatable bonds is 3. The summed E-state index contributed by atoms with van der Waals surface area (Å²) in [7, 11) is 0. The molecule has 2 rings (SSSR count). The Bertz CT molecular complexity index is 483. The molecule has 17 heavy (non-hydrogen) atoms. The van der Waals surface area contributed by atoms with E-state index in [2.05, 4.69) is 5.32 Å². The van der Waals surface area contributed by atoms with Crippen molar-refractivity contribution in [1.29, 1.82) is 0 Å². The van der Waals surface area contributed by atoms with E-state index in [-0.39, 0.29) is 23.1 Å². The molecule has 1 aromatic carbocycles. The van der Waals surface area contributed by atoms with E-state index >= 15 is 0 Å². The SMILES string of the molecule is CC1CC1C(=O)Nc1ccc(O)c(C(=O)O)c1. The summed E-state index contributed by atoms with van der Waals surface area (Å²) in [6, 6.07) is 3.99. The van der Waals surface area contributed by atoms with Crippen LogP contribution in [0.2, 0.25) is 0 Å². The lowest BCUT2D eigenvalue weighted by Gasteiger charge is -2.06. The maximum Gasteiger partial charge on any atom is 0.339 e. The average Bonchev–Trinajstić information content (AvgIpc) is 2.98. The first kappa shape index (κ1) is 11.4. The highest BCUT2D eigenvalue weighted by Gasteiger charge is 2.39. The molecule has 1 aromatic rings. The van der Waals surface area contributed by atoms with Crippen molar-refractivity contribution in [2.75, 3.05) is 5.32 Å². The van der Waals surface area contributed by atoms with Gasteiger partial charge in [0.25, 0.3) is 0 Å². The largest absolute Gasteiger partial charge is 0.507 e. The van der Waals surface area contributed by atoms with Crippen molar-refractivity contribution in [3.05, 3.63) is 23.8 Å². The number of hydrogen-bond acceptors (Lipinski definition) is 3. The molecular weight excluding hydrogens is 222 g/mol.